The third-order valence-electron chi connectivity index (χ3n) is 3.87. The minimum Gasteiger partial charge on any atom is -0.383 e. The summed E-state index contributed by atoms with van der Waals surface area (Å²) >= 11 is 12.5. The van der Waals surface area contributed by atoms with E-state index in [0.29, 0.717) is 39.3 Å². The van der Waals surface area contributed by atoms with E-state index in [2.05, 4.69) is 15.1 Å². The van der Waals surface area contributed by atoms with Crippen molar-refractivity contribution in [2.45, 2.75) is 6.54 Å². The van der Waals surface area contributed by atoms with Gasteiger partial charge in [0, 0.05) is 27.4 Å². The van der Waals surface area contributed by atoms with Gasteiger partial charge in [-0.05, 0) is 12.1 Å². The summed E-state index contributed by atoms with van der Waals surface area (Å²) in [5.41, 5.74) is 8.33. The lowest BCUT2D eigenvalue weighted by atomic mass is 10.2. The maximum atomic E-state index is 6.24. The second-order valence-corrected chi connectivity index (χ2v) is 6.38. The molecule has 4 aromatic rings. The number of fused-ring (bicyclic) bond motifs is 1. The van der Waals surface area contributed by atoms with Crippen molar-refractivity contribution in [2.75, 3.05) is 5.73 Å². The molecule has 4 rings (SSSR count). The Morgan fingerprint density at radius 1 is 0.920 bits per heavy atom. The summed E-state index contributed by atoms with van der Waals surface area (Å²) in [7, 11) is 0. The highest BCUT2D eigenvalue weighted by Gasteiger charge is 2.13. The maximum Gasteiger partial charge on any atom is 0.186 e. The molecule has 2 heterocycles. The molecule has 2 aromatic carbocycles. The van der Waals surface area contributed by atoms with Crippen LogP contribution in [0.15, 0.2) is 54.7 Å². The fourth-order valence-corrected chi connectivity index (χ4v) is 3.13. The molecule has 25 heavy (non-hydrogen) atoms. The fraction of sp³-hybridized carbons (Fsp3) is 0.0556. The topological polar surface area (TPSA) is 69.6 Å². The van der Waals surface area contributed by atoms with Gasteiger partial charge in [-0.2, -0.15) is 5.10 Å². The first-order valence-electron chi connectivity index (χ1n) is 7.61. The predicted octanol–water partition coefficient (Wildman–Crippen LogP) is 4.43. The number of nitrogens with two attached hydrogens (primary N) is 1. The van der Waals surface area contributed by atoms with Crippen LogP contribution in [0.4, 0.5) is 5.82 Å². The number of hydrogen-bond donors (Lipinski definition) is 1. The SMILES string of the molecule is Nc1nc(-c2ccccc2)nc2nn(Cc3c(Cl)cccc3Cl)cc12. The van der Waals surface area contributed by atoms with Gasteiger partial charge >= 0.3 is 0 Å². The zero-order valence-corrected chi connectivity index (χ0v) is 14.5. The average molecular weight is 370 g/mol. The van der Waals surface area contributed by atoms with E-state index in [-0.39, 0.29) is 0 Å². The molecule has 0 amide bonds. The van der Waals surface area contributed by atoms with Crippen LogP contribution in [0, 0.1) is 0 Å². The molecule has 5 nitrogen and oxygen atoms in total. The second-order valence-electron chi connectivity index (χ2n) is 5.56. The number of rotatable bonds is 3. The molecular weight excluding hydrogens is 357 g/mol. The highest BCUT2D eigenvalue weighted by molar-refractivity contribution is 6.35. The van der Waals surface area contributed by atoms with Gasteiger partial charge in [0.15, 0.2) is 11.5 Å². The molecule has 124 valence electrons. The van der Waals surface area contributed by atoms with Crippen molar-refractivity contribution in [3.63, 3.8) is 0 Å². The van der Waals surface area contributed by atoms with E-state index in [1.54, 1.807) is 23.0 Å². The Morgan fingerprint density at radius 3 is 2.36 bits per heavy atom. The van der Waals surface area contributed by atoms with Gasteiger partial charge < -0.3 is 5.73 Å². The van der Waals surface area contributed by atoms with Crippen LogP contribution in [0.25, 0.3) is 22.4 Å². The number of halogens is 2. The molecule has 0 radical (unpaired) electrons. The Hall–Kier alpha value is -2.63. The first-order valence-corrected chi connectivity index (χ1v) is 8.36. The van der Waals surface area contributed by atoms with Crippen LogP contribution >= 0.6 is 23.2 Å². The van der Waals surface area contributed by atoms with Gasteiger partial charge in [-0.25, -0.2) is 9.97 Å². The van der Waals surface area contributed by atoms with Gasteiger partial charge in [-0.15, -0.1) is 0 Å². The lowest BCUT2D eigenvalue weighted by Gasteiger charge is -2.06. The Labute approximate surface area is 154 Å². The number of anilines is 1. The Morgan fingerprint density at radius 2 is 1.64 bits per heavy atom. The zero-order chi connectivity index (χ0) is 17.4. The summed E-state index contributed by atoms with van der Waals surface area (Å²) in [5.74, 6) is 0.937. The van der Waals surface area contributed by atoms with Crippen LogP contribution in [-0.4, -0.2) is 19.7 Å². The molecular formula is C18H13Cl2N5. The summed E-state index contributed by atoms with van der Waals surface area (Å²) in [5, 5.41) is 6.39. The molecule has 0 saturated carbocycles. The minimum atomic E-state index is 0.389. The molecule has 0 aliphatic rings. The molecule has 0 unspecified atom stereocenters. The van der Waals surface area contributed by atoms with Gasteiger partial charge in [-0.3, -0.25) is 4.68 Å². The van der Waals surface area contributed by atoms with E-state index >= 15 is 0 Å². The summed E-state index contributed by atoms with van der Waals surface area (Å²) in [6.45, 7) is 0.426. The van der Waals surface area contributed by atoms with Crippen LogP contribution in [0.3, 0.4) is 0 Å². The summed E-state index contributed by atoms with van der Waals surface area (Å²) in [4.78, 5) is 8.91. The molecule has 7 heteroatoms. The number of hydrogen-bond acceptors (Lipinski definition) is 4. The van der Waals surface area contributed by atoms with E-state index in [4.69, 9.17) is 28.9 Å². The standard InChI is InChI=1S/C18H13Cl2N5/c19-14-7-4-8-15(20)12(14)9-25-10-13-16(21)22-17(23-18(13)24-25)11-5-2-1-3-6-11/h1-8,10H,9H2,(H2,21,22,23,24). The van der Waals surface area contributed by atoms with Crippen molar-refractivity contribution in [2.24, 2.45) is 0 Å². The van der Waals surface area contributed by atoms with Gasteiger partial charge in [0.1, 0.15) is 5.82 Å². The van der Waals surface area contributed by atoms with E-state index in [9.17, 15) is 0 Å². The highest BCUT2D eigenvalue weighted by atomic mass is 35.5. The van der Waals surface area contributed by atoms with Gasteiger partial charge in [-0.1, -0.05) is 59.6 Å². The van der Waals surface area contributed by atoms with E-state index in [1.165, 1.54) is 0 Å². The molecule has 0 fully saturated rings. The van der Waals surface area contributed by atoms with Crippen LogP contribution in [0.1, 0.15) is 5.56 Å². The predicted molar refractivity (Wildman–Crippen MR) is 101 cm³/mol. The van der Waals surface area contributed by atoms with E-state index in [0.717, 1.165) is 11.1 Å². The van der Waals surface area contributed by atoms with Crippen LogP contribution < -0.4 is 5.73 Å². The number of benzene rings is 2. The van der Waals surface area contributed by atoms with Crippen LogP contribution in [0.5, 0.6) is 0 Å². The fourth-order valence-electron chi connectivity index (χ4n) is 2.62. The third-order valence-corrected chi connectivity index (χ3v) is 4.58. The average Bonchev–Trinajstić information content (AvgIpc) is 3.02. The summed E-state index contributed by atoms with van der Waals surface area (Å²) < 4.78 is 1.72. The lowest BCUT2D eigenvalue weighted by molar-refractivity contribution is 0.693. The Balaban J connectivity index is 1.77. The molecule has 0 saturated heterocycles. The zero-order valence-electron chi connectivity index (χ0n) is 13.0. The van der Waals surface area contributed by atoms with Gasteiger partial charge in [0.05, 0.1) is 11.9 Å². The largest absolute Gasteiger partial charge is 0.383 e. The van der Waals surface area contributed by atoms with Gasteiger partial charge in [0.25, 0.3) is 0 Å². The molecule has 0 aliphatic heterocycles. The molecule has 0 bridgehead atoms. The molecule has 2 aromatic heterocycles. The van der Waals surface area contributed by atoms with Crippen molar-refractivity contribution in [3.8, 4) is 11.4 Å². The summed E-state index contributed by atoms with van der Waals surface area (Å²) in [6.07, 6.45) is 1.80. The third kappa shape index (κ3) is 3.04. The van der Waals surface area contributed by atoms with Crippen molar-refractivity contribution >= 4 is 40.1 Å². The molecule has 0 spiro atoms. The molecule has 0 atom stereocenters. The second kappa shape index (κ2) is 6.35. The van der Waals surface area contributed by atoms with Crippen LogP contribution in [-0.2, 0) is 6.54 Å². The number of nitrogens with zero attached hydrogens (tertiary/aromatic N) is 4. The molecule has 2 N–H and O–H groups in total. The van der Waals surface area contributed by atoms with E-state index < -0.39 is 0 Å². The monoisotopic (exact) mass is 369 g/mol. The molecule has 0 aliphatic carbocycles. The first kappa shape index (κ1) is 15.9. The Kier molecular flexibility index (Phi) is 4.03. The van der Waals surface area contributed by atoms with E-state index in [1.807, 2.05) is 36.4 Å². The Bertz CT molecular complexity index is 1040. The quantitative estimate of drug-likeness (QED) is 0.579. The number of nitrogen functional groups attached to an aromatic ring is 1. The highest BCUT2D eigenvalue weighted by Crippen LogP contribution is 2.27. The minimum absolute atomic E-state index is 0.389. The van der Waals surface area contributed by atoms with Crippen molar-refractivity contribution in [1.82, 2.24) is 19.7 Å². The lowest BCUT2D eigenvalue weighted by Crippen LogP contribution is -2.01. The van der Waals surface area contributed by atoms with Crippen LogP contribution in [0.2, 0.25) is 10.0 Å². The van der Waals surface area contributed by atoms with Crippen molar-refractivity contribution in [3.05, 3.63) is 70.3 Å². The number of aromatic nitrogens is 4. The first-order chi connectivity index (χ1) is 12.1. The van der Waals surface area contributed by atoms with Gasteiger partial charge in [0.2, 0.25) is 0 Å². The smallest absolute Gasteiger partial charge is 0.186 e. The van der Waals surface area contributed by atoms with Crippen molar-refractivity contribution < 1.29 is 0 Å². The summed E-state index contributed by atoms with van der Waals surface area (Å²) in [6, 6.07) is 15.1. The normalized spacial score (nSPS) is 11.1. The van der Waals surface area contributed by atoms with Crippen molar-refractivity contribution in [1.29, 1.82) is 0 Å². The maximum absolute atomic E-state index is 6.24.